The standard InChI is InChI=1S/C10H16ClN3/c1-2-3-4-9(12)8-5-7(11)6-14-10(8)13/h5-6,9H,2-4,12H2,1H3,(H2,13,14). The molecule has 4 N–H and O–H groups in total. The summed E-state index contributed by atoms with van der Waals surface area (Å²) in [5, 5.41) is 0.584. The fourth-order valence-electron chi connectivity index (χ4n) is 1.34. The van der Waals surface area contributed by atoms with Crippen molar-refractivity contribution < 1.29 is 0 Å². The molecule has 1 heterocycles. The van der Waals surface area contributed by atoms with Crippen molar-refractivity contribution in [2.75, 3.05) is 5.73 Å². The Hall–Kier alpha value is -0.800. The van der Waals surface area contributed by atoms with Gasteiger partial charge in [-0.25, -0.2) is 4.98 Å². The van der Waals surface area contributed by atoms with E-state index in [1.165, 1.54) is 6.20 Å². The molecule has 1 aromatic heterocycles. The number of nitrogen functional groups attached to an aromatic ring is 1. The first-order valence-electron chi connectivity index (χ1n) is 4.81. The molecule has 0 amide bonds. The predicted octanol–water partition coefficient (Wildman–Crippen LogP) is 2.51. The lowest BCUT2D eigenvalue weighted by atomic mass is 10.0. The zero-order valence-electron chi connectivity index (χ0n) is 8.33. The van der Waals surface area contributed by atoms with Crippen molar-refractivity contribution in [2.45, 2.75) is 32.2 Å². The zero-order valence-corrected chi connectivity index (χ0v) is 9.09. The van der Waals surface area contributed by atoms with Crippen LogP contribution in [0.1, 0.15) is 37.8 Å². The summed E-state index contributed by atoms with van der Waals surface area (Å²) in [4.78, 5) is 3.97. The first-order valence-corrected chi connectivity index (χ1v) is 5.19. The Balaban J connectivity index is 2.77. The maximum Gasteiger partial charge on any atom is 0.128 e. The molecule has 0 saturated heterocycles. The van der Waals surface area contributed by atoms with Gasteiger partial charge in [-0.2, -0.15) is 0 Å². The van der Waals surface area contributed by atoms with Crippen LogP contribution in [0.4, 0.5) is 5.82 Å². The number of hydrogen-bond donors (Lipinski definition) is 2. The summed E-state index contributed by atoms with van der Waals surface area (Å²) in [6.45, 7) is 2.13. The van der Waals surface area contributed by atoms with Crippen molar-refractivity contribution in [3.63, 3.8) is 0 Å². The minimum atomic E-state index is -0.0545. The minimum absolute atomic E-state index is 0.0545. The molecule has 0 radical (unpaired) electrons. The number of halogens is 1. The van der Waals surface area contributed by atoms with E-state index in [2.05, 4.69) is 11.9 Å². The molecule has 4 heteroatoms. The van der Waals surface area contributed by atoms with Crippen molar-refractivity contribution in [3.05, 3.63) is 22.8 Å². The molecule has 0 aliphatic carbocycles. The zero-order chi connectivity index (χ0) is 10.6. The molecule has 14 heavy (non-hydrogen) atoms. The Labute approximate surface area is 89.5 Å². The van der Waals surface area contributed by atoms with Gasteiger partial charge in [-0.1, -0.05) is 31.4 Å². The van der Waals surface area contributed by atoms with Crippen molar-refractivity contribution in [2.24, 2.45) is 5.73 Å². The number of unbranched alkanes of at least 4 members (excludes halogenated alkanes) is 1. The first kappa shape index (κ1) is 11.3. The fourth-order valence-corrected chi connectivity index (χ4v) is 1.51. The maximum absolute atomic E-state index is 5.97. The van der Waals surface area contributed by atoms with E-state index in [-0.39, 0.29) is 6.04 Å². The second-order valence-corrected chi connectivity index (χ2v) is 3.81. The predicted molar refractivity (Wildman–Crippen MR) is 60.1 cm³/mol. The van der Waals surface area contributed by atoms with E-state index in [4.69, 9.17) is 23.1 Å². The van der Waals surface area contributed by atoms with Gasteiger partial charge in [-0.3, -0.25) is 0 Å². The third-order valence-electron chi connectivity index (χ3n) is 2.18. The molecule has 0 spiro atoms. The van der Waals surface area contributed by atoms with E-state index in [1.54, 1.807) is 6.07 Å². The van der Waals surface area contributed by atoms with E-state index < -0.39 is 0 Å². The van der Waals surface area contributed by atoms with Gasteiger partial charge in [0.2, 0.25) is 0 Å². The van der Waals surface area contributed by atoms with Crippen LogP contribution in [0, 0.1) is 0 Å². The summed E-state index contributed by atoms with van der Waals surface area (Å²) in [5.41, 5.74) is 12.5. The minimum Gasteiger partial charge on any atom is -0.383 e. The normalized spacial score (nSPS) is 12.8. The molecule has 0 aliphatic heterocycles. The van der Waals surface area contributed by atoms with E-state index >= 15 is 0 Å². The number of rotatable bonds is 4. The molecule has 3 nitrogen and oxygen atoms in total. The maximum atomic E-state index is 5.97. The third kappa shape index (κ3) is 2.86. The Morgan fingerprint density at radius 1 is 1.57 bits per heavy atom. The summed E-state index contributed by atoms with van der Waals surface area (Å²) in [6.07, 6.45) is 4.67. The van der Waals surface area contributed by atoms with Gasteiger partial charge in [0.25, 0.3) is 0 Å². The highest BCUT2D eigenvalue weighted by molar-refractivity contribution is 6.30. The van der Waals surface area contributed by atoms with Crippen LogP contribution in [0.15, 0.2) is 12.3 Å². The Morgan fingerprint density at radius 2 is 2.29 bits per heavy atom. The van der Waals surface area contributed by atoms with E-state index in [9.17, 15) is 0 Å². The van der Waals surface area contributed by atoms with Crippen LogP contribution in [0.2, 0.25) is 5.02 Å². The van der Waals surface area contributed by atoms with Gasteiger partial charge in [0.1, 0.15) is 5.82 Å². The molecule has 1 rings (SSSR count). The molecule has 1 atom stereocenters. The van der Waals surface area contributed by atoms with Gasteiger partial charge < -0.3 is 11.5 Å². The second kappa shape index (κ2) is 5.17. The largest absolute Gasteiger partial charge is 0.383 e. The van der Waals surface area contributed by atoms with Gasteiger partial charge in [0, 0.05) is 17.8 Å². The van der Waals surface area contributed by atoms with Crippen molar-refractivity contribution >= 4 is 17.4 Å². The van der Waals surface area contributed by atoms with Crippen LogP contribution < -0.4 is 11.5 Å². The number of aromatic nitrogens is 1. The Bertz CT molecular complexity index is 301. The van der Waals surface area contributed by atoms with Crippen LogP contribution in [0.3, 0.4) is 0 Å². The van der Waals surface area contributed by atoms with Gasteiger partial charge in [0.05, 0.1) is 5.02 Å². The number of hydrogen-bond acceptors (Lipinski definition) is 3. The van der Waals surface area contributed by atoms with Crippen LogP contribution >= 0.6 is 11.6 Å². The summed E-state index contributed by atoms with van der Waals surface area (Å²) in [5.74, 6) is 0.484. The number of nitrogens with zero attached hydrogens (tertiary/aromatic N) is 1. The summed E-state index contributed by atoms with van der Waals surface area (Å²) in [6, 6.07) is 1.74. The Kier molecular flexibility index (Phi) is 4.17. The average molecular weight is 214 g/mol. The quantitative estimate of drug-likeness (QED) is 0.808. The highest BCUT2D eigenvalue weighted by Gasteiger charge is 2.10. The van der Waals surface area contributed by atoms with Crippen molar-refractivity contribution in [1.82, 2.24) is 4.98 Å². The lowest BCUT2D eigenvalue weighted by Gasteiger charge is -2.13. The van der Waals surface area contributed by atoms with Crippen LogP contribution in [0.25, 0.3) is 0 Å². The lowest BCUT2D eigenvalue weighted by Crippen LogP contribution is -2.13. The van der Waals surface area contributed by atoms with Gasteiger partial charge in [-0.15, -0.1) is 0 Å². The molecule has 0 saturated carbocycles. The lowest BCUT2D eigenvalue weighted by molar-refractivity contribution is 0.603. The van der Waals surface area contributed by atoms with E-state index in [1.807, 2.05) is 0 Å². The molecular weight excluding hydrogens is 198 g/mol. The number of nitrogens with two attached hydrogens (primary N) is 2. The topological polar surface area (TPSA) is 64.9 Å². The monoisotopic (exact) mass is 213 g/mol. The SMILES string of the molecule is CCCCC(N)c1cc(Cl)cnc1N. The molecule has 1 unspecified atom stereocenters. The third-order valence-corrected chi connectivity index (χ3v) is 2.39. The summed E-state index contributed by atoms with van der Waals surface area (Å²) in [7, 11) is 0. The molecule has 1 aromatic rings. The number of pyridine rings is 1. The van der Waals surface area contributed by atoms with Crippen molar-refractivity contribution in [1.29, 1.82) is 0 Å². The highest BCUT2D eigenvalue weighted by Crippen LogP contribution is 2.23. The fraction of sp³-hybridized carbons (Fsp3) is 0.500. The van der Waals surface area contributed by atoms with Gasteiger partial charge in [0.15, 0.2) is 0 Å². The smallest absolute Gasteiger partial charge is 0.128 e. The molecule has 0 aromatic carbocycles. The molecule has 0 fully saturated rings. The van der Waals surface area contributed by atoms with Gasteiger partial charge in [-0.05, 0) is 12.5 Å². The van der Waals surface area contributed by atoms with Crippen molar-refractivity contribution in [3.8, 4) is 0 Å². The first-order chi connectivity index (χ1) is 6.65. The molecule has 0 aliphatic rings. The highest BCUT2D eigenvalue weighted by atomic mass is 35.5. The molecular formula is C10H16ClN3. The van der Waals surface area contributed by atoms with Crippen LogP contribution in [-0.4, -0.2) is 4.98 Å². The van der Waals surface area contributed by atoms with Gasteiger partial charge >= 0.3 is 0 Å². The van der Waals surface area contributed by atoms with E-state index in [0.29, 0.717) is 10.8 Å². The number of anilines is 1. The summed E-state index contributed by atoms with van der Waals surface area (Å²) >= 11 is 5.82. The van der Waals surface area contributed by atoms with E-state index in [0.717, 1.165) is 24.8 Å². The molecule has 78 valence electrons. The summed E-state index contributed by atoms with van der Waals surface area (Å²) < 4.78 is 0. The van der Waals surface area contributed by atoms with Crippen LogP contribution in [-0.2, 0) is 0 Å². The average Bonchev–Trinajstić information content (AvgIpc) is 2.18. The molecule has 0 bridgehead atoms. The Morgan fingerprint density at radius 3 is 2.93 bits per heavy atom. The van der Waals surface area contributed by atoms with Crippen LogP contribution in [0.5, 0.6) is 0 Å². The second-order valence-electron chi connectivity index (χ2n) is 3.38.